The van der Waals surface area contributed by atoms with Crippen LogP contribution in [0.5, 0.6) is 0 Å². The molecule has 7 heteroatoms. The summed E-state index contributed by atoms with van der Waals surface area (Å²) in [7, 11) is 1.74. The molecule has 19 heavy (non-hydrogen) atoms. The van der Waals surface area contributed by atoms with E-state index in [4.69, 9.17) is 0 Å². The van der Waals surface area contributed by atoms with Crippen LogP contribution in [0.15, 0.2) is 11.4 Å². The van der Waals surface area contributed by atoms with Crippen LogP contribution in [0, 0.1) is 10.1 Å². The van der Waals surface area contributed by atoms with Crippen molar-refractivity contribution in [2.24, 2.45) is 0 Å². The average Bonchev–Trinajstić information content (AvgIpc) is 2.88. The van der Waals surface area contributed by atoms with Gasteiger partial charge in [0.05, 0.1) is 10.5 Å². The van der Waals surface area contributed by atoms with Crippen molar-refractivity contribution in [3.05, 3.63) is 27.1 Å². The minimum absolute atomic E-state index is 0.00698. The number of hydrogen-bond acceptors (Lipinski definition) is 5. The van der Waals surface area contributed by atoms with Crippen molar-refractivity contribution >= 4 is 22.2 Å². The van der Waals surface area contributed by atoms with Gasteiger partial charge in [-0.15, -0.1) is 0 Å². The second-order valence-electron chi connectivity index (χ2n) is 4.76. The van der Waals surface area contributed by atoms with Crippen molar-refractivity contribution in [1.29, 1.82) is 0 Å². The third-order valence-electron chi connectivity index (χ3n) is 3.27. The van der Waals surface area contributed by atoms with E-state index in [1.165, 1.54) is 18.9 Å². The number of carbonyl (C=O) groups is 1. The van der Waals surface area contributed by atoms with Gasteiger partial charge in [-0.2, -0.15) is 0 Å². The molecule has 1 fully saturated rings. The summed E-state index contributed by atoms with van der Waals surface area (Å²) in [5.41, 5.74) is 0.398. The van der Waals surface area contributed by atoms with Crippen molar-refractivity contribution in [1.82, 2.24) is 10.2 Å². The number of hydrogen-bond donors (Lipinski definition) is 1. The van der Waals surface area contributed by atoms with E-state index in [1.807, 2.05) is 0 Å². The summed E-state index contributed by atoms with van der Waals surface area (Å²) >= 11 is 0.987. The third-order valence-corrected chi connectivity index (χ3v) is 4.15. The number of piperidine rings is 1. The summed E-state index contributed by atoms with van der Waals surface area (Å²) in [6, 6.07) is 1.67. The van der Waals surface area contributed by atoms with E-state index in [9.17, 15) is 14.9 Å². The van der Waals surface area contributed by atoms with Crippen molar-refractivity contribution in [2.75, 3.05) is 20.1 Å². The average molecular weight is 283 g/mol. The molecule has 1 aromatic heterocycles. The van der Waals surface area contributed by atoms with Gasteiger partial charge >= 0.3 is 5.00 Å². The first-order valence-corrected chi connectivity index (χ1v) is 7.17. The van der Waals surface area contributed by atoms with Crippen molar-refractivity contribution in [2.45, 2.75) is 25.3 Å². The van der Waals surface area contributed by atoms with E-state index in [0.717, 1.165) is 24.3 Å². The van der Waals surface area contributed by atoms with Crippen LogP contribution in [-0.2, 0) is 0 Å². The maximum absolute atomic E-state index is 12.1. The van der Waals surface area contributed by atoms with E-state index >= 15 is 0 Å². The Bertz CT molecular complexity index is 469. The first-order chi connectivity index (χ1) is 9.08. The molecular weight excluding hydrogens is 266 g/mol. The zero-order valence-corrected chi connectivity index (χ0v) is 11.6. The smallest absolute Gasteiger partial charge is 0.324 e. The molecule has 0 saturated carbocycles. The summed E-state index contributed by atoms with van der Waals surface area (Å²) in [4.78, 5) is 23.9. The van der Waals surface area contributed by atoms with Gasteiger partial charge in [0.15, 0.2) is 0 Å². The Hall–Kier alpha value is -1.47. The second-order valence-corrected chi connectivity index (χ2v) is 5.65. The van der Waals surface area contributed by atoms with Gasteiger partial charge in [-0.1, -0.05) is 17.8 Å². The van der Waals surface area contributed by atoms with Gasteiger partial charge in [0.25, 0.3) is 5.91 Å². The zero-order chi connectivity index (χ0) is 13.8. The van der Waals surface area contributed by atoms with Crippen LogP contribution in [0.2, 0.25) is 0 Å². The van der Waals surface area contributed by atoms with E-state index < -0.39 is 4.92 Å². The molecule has 1 atom stereocenters. The van der Waals surface area contributed by atoms with E-state index in [-0.39, 0.29) is 10.9 Å². The van der Waals surface area contributed by atoms with E-state index in [1.54, 1.807) is 17.3 Å². The molecule has 104 valence electrons. The molecule has 2 heterocycles. The summed E-state index contributed by atoms with van der Waals surface area (Å²) < 4.78 is 0. The number of nitrogens with one attached hydrogen (secondary N) is 1. The number of carbonyl (C=O) groups excluding carboxylic acids is 1. The maximum Gasteiger partial charge on any atom is 0.324 e. The molecule has 0 radical (unpaired) electrons. The fourth-order valence-corrected chi connectivity index (χ4v) is 2.94. The first-order valence-electron chi connectivity index (χ1n) is 6.29. The maximum atomic E-state index is 12.1. The standard InChI is InChI=1S/C12H17N3O3S/c1-14(7-10-4-2-3-5-13-10)12(16)9-6-11(15(17)18)19-8-9/h6,8,10,13H,2-5,7H2,1H3. The van der Waals surface area contributed by atoms with Gasteiger partial charge in [-0.05, 0) is 19.4 Å². The molecule has 1 N–H and O–H groups in total. The zero-order valence-electron chi connectivity index (χ0n) is 10.8. The highest BCUT2D eigenvalue weighted by Crippen LogP contribution is 2.23. The highest BCUT2D eigenvalue weighted by Gasteiger charge is 2.21. The van der Waals surface area contributed by atoms with E-state index in [0.29, 0.717) is 18.2 Å². The SMILES string of the molecule is CN(CC1CCCCN1)C(=O)c1csc([N+](=O)[O-])c1. The Balaban J connectivity index is 1.95. The number of nitro groups is 1. The van der Waals surface area contributed by atoms with Gasteiger partial charge in [0.2, 0.25) is 0 Å². The summed E-state index contributed by atoms with van der Waals surface area (Å²) in [5.74, 6) is -0.156. The number of nitrogens with zero attached hydrogens (tertiary/aromatic N) is 2. The summed E-state index contributed by atoms with van der Waals surface area (Å²) in [6.07, 6.45) is 3.44. The van der Waals surface area contributed by atoms with Crippen LogP contribution in [0.4, 0.5) is 5.00 Å². The predicted octanol–water partition coefficient (Wildman–Crippen LogP) is 1.87. The molecule has 1 aliphatic heterocycles. The van der Waals surface area contributed by atoms with Crippen LogP contribution in [0.3, 0.4) is 0 Å². The Labute approximate surface area is 115 Å². The lowest BCUT2D eigenvalue weighted by atomic mass is 10.0. The molecule has 2 rings (SSSR count). The van der Waals surface area contributed by atoms with Crippen molar-refractivity contribution in [3.8, 4) is 0 Å². The van der Waals surface area contributed by atoms with Crippen LogP contribution < -0.4 is 5.32 Å². The van der Waals surface area contributed by atoms with Crippen LogP contribution >= 0.6 is 11.3 Å². The number of likely N-dealkylation sites (N-methyl/N-ethyl adjacent to an activating group) is 1. The Morgan fingerprint density at radius 2 is 2.42 bits per heavy atom. The molecular formula is C12H17N3O3S. The predicted molar refractivity (Wildman–Crippen MR) is 73.6 cm³/mol. The molecule has 1 aliphatic rings. The Morgan fingerprint density at radius 1 is 1.63 bits per heavy atom. The molecule has 0 aromatic carbocycles. The molecule has 6 nitrogen and oxygen atoms in total. The highest BCUT2D eigenvalue weighted by atomic mass is 32.1. The molecule has 0 bridgehead atoms. The topological polar surface area (TPSA) is 75.5 Å². The van der Waals surface area contributed by atoms with Crippen molar-refractivity contribution < 1.29 is 9.72 Å². The normalized spacial score (nSPS) is 19.1. The lowest BCUT2D eigenvalue weighted by Gasteiger charge is -2.28. The first kappa shape index (κ1) is 14.0. The minimum atomic E-state index is -0.468. The van der Waals surface area contributed by atoms with Gasteiger partial charge in [0, 0.05) is 31.1 Å². The monoisotopic (exact) mass is 283 g/mol. The Morgan fingerprint density at radius 3 is 3.00 bits per heavy atom. The van der Waals surface area contributed by atoms with E-state index in [2.05, 4.69) is 5.32 Å². The van der Waals surface area contributed by atoms with Crippen molar-refractivity contribution in [3.63, 3.8) is 0 Å². The molecule has 1 aromatic rings. The fraction of sp³-hybridized carbons (Fsp3) is 0.583. The summed E-state index contributed by atoms with van der Waals surface area (Å²) in [5, 5.41) is 15.5. The van der Waals surface area contributed by atoms with Gasteiger partial charge in [0.1, 0.15) is 0 Å². The number of thiophene rings is 1. The molecule has 0 aliphatic carbocycles. The number of amides is 1. The third kappa shape index (κ3) is 3.51. The molecule has 1 amide bonds. The van der Waals surface area contributed by atoms with Gasteiger partial charge in [-0.25, -0.2) is 0 Å². The molecule has 1 unspecified atom stereocenters. The highest BCUT2D eigenvalue weighted by molar-refractivity contribution is 7.13. The Kier molecular flexibility index (Phi) is 4.49. The van der Waals surface area contributed by atoms with Crippen LogP contribution in [0.25, 0.3) is 0 Å². The van der Waals surface area contributed by atoms with Gasteiger partial charge in [-0.3, -0.25) is 14.9 Å². The van der Waals surface area contributed by atoms with Gasteiger partial charge < -0.3 is 10.2 Å². The van der Waals surface area contributed by atoms with Crippen LogP contribution in [-0.4, -0.2) is 41.9 Å². The molecule has 1 saturated heterocycles. The second kappa shape index (κ2) is 6.12. The summed E-state index contributed by atoms with van der Waals surface area (Å²) in [6.45, 7) is 1.64. The number of rotatable bonds is 4. The lowest BCUT2D eigenvalue weighted by Crippen LogP contribution is -2.44. The largest absolute Gasteiger partial charge is 0.340 e. The van der Waals surface area contributed by atoms with Crippen LogP contribution in [0.1, 0.15) is 29.6 Å². The quantitative estimate of drug-likeness (QED) is 0.676. The lowest BCUT2D eigenvalue weighted by molar-refractivity contribution is -0.380. The fourth-order valence-electron chi connectivity index (χ4n) is 2.25. The minimum Gasteiger partial charge on any atom is -0.340 e. The molecule has 0 spiro atoms.